The SMILES string of the molecule is CCCCCC(=O)OCC(COC(=O)CCCCC)CP(=O)(O)OCCNC(=O)OCCOCCOCCOCCN=[N+]=[N-]. The summed E-state index contributed by atoms with van der Waals surface area (Å²) in [5.41, 5.74) is 8.14. The summed E-state index contributed by atoms with van der Waals surface area (Å²) >= 11 is 0. The van der Waals surface area contributed by atoms with Crippen LogP contribution in [-0.2, 0) is 47.1 Å². The Labute approximate surface area is 259 Å². The van der Waals surface area contributed by atoms with E-state index in [4.69, 9.17) is 38.5 Å². The first-order valence-electron chi connectivity index (χ1n) is 15.2. The Bertz CT molecular complexity index is 835. The van der Waals surface area contributed by atoms with Crippen molar-refractivity contribution in [3.05, 3.63) is 10.4 Å². The lowest BCUT2D eigenvalue weighted by Crippen LogP contribution is -2.29. The zero-order valence-corrected chi connectivity index (χ0v) is 27.0. The van der Waals surface area contributed by atoms with Gasteiger partial charge < -0.3 is 43.2 Å². The molecule has 0 radical (unpaired) electrons. The summed E-state index contributed by atoms with van der Waals surface area (Å²) in [5, 5.41) is 5.74. The number of nitrogens with zero attached hydrogens (tertiary/aromatic N) is 3. The van der Waals surface area contributed by atoms with Gasteiger partial charge in [-0.05, 0) is 18.4 Å². The van der Waals surface area contributed by atoms with Crippen LogP contribution in [0.2, 0.25) is 0 Å². The molecular formula is C27H51N4O12P. The van der Waals surface area contributed by atoms with Crippen molar-refractivity contribution in [2.75, 3.05) is 85.3 Å². The molecule has 0 fully saturated rings. The molecule has 0 rings (SSSR count). The van der Waals surface area contributed by atoms with E-state index in [0.717, 1.165) is 25.7 Å². The molecule has 0 spiro atoms. The predicted octanol–water partition coefficient (Wildman–Crippen LogP) is 4.14. The van der Waals surface area contributed by atoms with Crippen LogP contribution in [0.3, 0.4) is 0 Å². The number of carbonyl (C=O) groups is 3. The lowest BCUT2D eigenvalue weighted by molar-refractivity contribution is -0.148. The molecule has 1 unspecified atom stereocenters. The maximum absolute atomic E-state index is 12.6. The maximum atomic E-state index is 12.6. The van der Waals surface area contributed by atoms with Crippen LogP contribution in [0, 0.1) is 5.92 Å². The van der Waals surface area contributed by atoms with E-state index < -0.39 is 37.7 Å². The van der Waals surface area contributed by atoms with Crippen LogP contribution < -0.4 is 5.32 Å². The second kappa shape index (κ2) is 29.3. The fraction of sp³-hybridized carbons (Fsp3) is 0.889. The standard InChI is InChI=1S/C27H51N4O12P/c1-3-5-7-9-25(32)41-21-24(22-42-26(33)10-8-6-4-2)23-44(35,36)43-14-11-29-27(34)40-20-19-39-18-17-38-16-15-37-13-12-30-31-28/h24H,3-23H2,1-2H3,(H,29,34)(H,35,36). The Hall–Kier alpha value is -2.45. The fourth-order valence-electron chi connectivity index (χ4n) is 3.41. The zero-order chi connectivity index (χ0) is 32.7. The van der Waals surface area contributed by atoms with E-state index in [-0.39, 0.29) is 59.0 Å². The molecule has 0 saturated carbocycles. The Morgan fingerprint density at radius 2 is 1.32 bits per heavy atom. The van der Waals surface area contributed by atoms with Crippen LogP contribution in [0.25, 0.3) is 10.4 Å². The van der Waals surface area contributed by atoms with E-state index in [2.05, 4.69) is 15.3 Å². The van der Waals surface area contributed by atoms with Crippen molar-refractivity contribution in [2.45, 2.75) is 65.2 Å². The van der Waals surface area contributed by atoms with Crippen LogP contribution in [0.15, 0.2) is 5.11 Å². The van der Waals surface area contributed by atoms with E-state index in [0.29, 0.717) is 45.9 Å². The van der Waals surface area contributed by atoms with Crippen LogP contribution >= 0.6 is 7.60 Å². The normalized spacial score (nSPS) is 12.3. The molecule has 0 bridgehead atoms. The molecule has 0 aliphatic heterocycles. The highest BCUT2D eigenvalue weighted by Gasteiger charge is 2.28. The fourth-order valence-corrected chi connectivity index (χ4v) is 4.76. The molecular weight excluding hydrogens is 603 g/mol. The average molecular weight is 655 g/mol. The Balaban J connectivity index is 4.22. The van der Waals surface area contributed by atoms with Gasteiger partial charge in [-0.2, -0.15) is 0 Å². The number of hydrogen-bond donors (Lipinski definition) is 2. The third-order valence-corrected chi connectivity index (χ3v) is 7.25. The van der Waals surface area contributed by atoms with Crippen LogP contribution in [-0.4, -0.2) is 108 Å². The van der Waals surface area contributed by atoms with Gasteiger partial charge in [0.05, 0.1) is 65.6 Å². The minimum absolute atomic E-state index is 0.0102. The van der Waals surface area contributed by atoms with E-state index in [1.807, 2.05) is 13.8 Å². The Morgan fingerprint density at radius 3 is 1.84 bits per heavy atom. The summed E-state index contributed by atoms with van der Waals surface area (Å²) in [5.74, 6) is -1.58. The number of alkyl carbamates (subject to hydrolysis) is 1. The molecule has 0 aromatic carbocycles. The topological polar surface area (TPSA) is 214 Å². The monoisotopic (exact) mass is 654 g/mol. The third kappa shape index (κ3) is 28.3. The summed E-state index contributed by atoms with van der Waals surface area (Å²) < 4.78 is 49.0. The van der Waals surface area contributed by atoms with Gasteiger partial charge in [0, 0.05) is 36.8 Å². The van der Waals surface area contributed by atoms with Gasteiger partial charge in [0.25, 0.3) is 0 Å². The average Bonchev–Trinajstić information content (AvgIpc) is 2.99. The molecule has 16 nitrogen and oxygen atoms in total. The van der Waals surface area contributed by atoms with E-state index in [1.54, 1.807) is 0 Å². The number of nitrogens with one attached hydrogen (secondary N) is 1. The molecule has 0 aromatic heterocycles. The number of ether oxygens (including phenoxy) is 6. The minimum atomic E-state index is -4.16. The molecule has 44 heavy (non-hydrogen) atoms. The van der Waals surface area contributed by atoms with Gasteiger partial charge in [-0.3, -0.25) is 14.2 Å². The van der Waals surface area contributed by atoms with Crippen molar-refractivity contribution in [3.63, 3.8) is 0 Å². The quantitative estimate of drug-likeness (QED) is 0.0213. The summed E-state index contributed by atoms with van der Waals surface area (Å²) in [6, 6.07) is 0. The first kappa shape index (κ1) is 41.5. The van der Waals surface area contributed by atoms with Crippen molar-refractivity contribution in [2.24, 2.45) is 11.0 Å². The second-order valence-electron chi connectivity index (χ2n) is 9.65. The molecule has 1 atom stereocenters. The van der Waals surface area contributed by atoms with E-state index >= 15 is 0 Å². The number of unbranched alkanes of at least 4 members (excludes halogenated alkanes) is 4. The largest absolute Gasteiger partial charge is 0.465 e. The smallest absolute Gasteiger partial charge is 0.407 e. The van der Waals surface area contributed by atoms with Crippen LogP contribution in [0.4, 0.5) is 4.79 Å². The molecule has 0 aromatic rings. The van der Waals surface area contributed by atoms with Gasteiger partial charge in [0.2, 0.25) is 0 Å². The lowest BCUT2D eigenvalue weighted by atomic mass is 10.2. The summed E-state index contributed by atoms with van der Waals surface area (Å²) in [6.45, 7) is 5.37. The van der Waals surface area contributed by atoms with Crippen LogP contribution in [0.1, 0.15) is 65.2 Å². The molecule has 0 aliphatic carbocycles. The second-order valence-corrected chi connectivity index (χ2v) is 11.6. The molecule has 0 aliphatic rings. The molecule has 0 heterocycles. The Kier molecular flexibility index (Phi) is 27.6. The van der Waals surface area contributed by atoms with Crippen molar-refractivity contribution in [1.29, 1.82) is 0 Å². The highest BCUT2D eigenvalue weighted by Crippen LogP contribution is 2.43. The summed E-state index contributed by atoms with van der Waals surface area (Å²) in [4.78, 5) is 48.8. The molecule has 0 saturated heterocycles. The highest BCUT2D eigenvalue weighted by atomic mass is 31.2. The predicted molar refractivity (Wildman–Crippen MR) is 160 cm³/mol. The van der Waals surface area contributed by atoms with Crippen molar-refractivity contribution in [3.8, 4) is 0 Å². The third-order valence-electron chi connectivity index (χ3n) is 5.69. The molecule has 256 valence electrons. The number of carbonyl (C=O) groups excluding carboxylic acids is 3. The molecule has 17 heteroatoms. The van der Waals surface area contributed by atoms with Crippen molar-refractivity contribution in [1.82, 2.24) is 5.32 Å². The number of rotatable bonds is 30. The minimum Gasteiger partial charge on any atom is -0.465 e. The molecule has 2 N–H and O–H groups in total. The summed E-state index contributed by atoms with van der Waals surface area (Å²) in [7, 11) is -4.16. The first-order valence-corrected chi connectivity index (χ1v) is 16.9. The number of amides is 1. The number of esters is 2. The first-order chi connectivity index (χ1) is 21.2. The van der Waals surface area contributed by atoms with E-state index in [9.17, 15) is 23.8 Å². The van der Waals surface area contributed by atoms with Gasteiger partial charge in [-0.1, -0.05) is 44.6 Å². The van der Waals surface area contributed by atoms with Crippen molar-refractivity contribution < 1.29 is 56.8 Å². The van der Waals surface area contributed by atoms with Gasteiger partial charge in [0.1, 0.15) is 6.61 Å². The maximum Gasteiger partial charge on any atom is 0.407 e. The number of hydrogen-bond acceptors (Lipinski definition) is 12. The Morgan fingerprint density at radius 1 is 0.795 bits per heavy atom. The van der Waals surface area contributed by atoms with Gasteiger partial charge >= 0.3 is 25.6 Å². The van der Waals surface area contributed by atoms with E-state index in [1.165, 1.54) is 0 Å². The van der Waals surface area contributed by atoms with Gasteiger partial charge in [-0.25, -0.2) is 4.79 Å². The molecule has 1 amide bonds. The van der Waals surface area contributed by atoms with Crippen molar-refractivity contribution >= 4 is 25.6 Å². The number of azide groups is 1. The van der Waals surface area contributed by atoms with Crippen LogP contribution in [0.5, 0.6) is 0 Å². The lowest BCUT2D eigenvalue weighted by Gasteiger charge is -2.20. The van der Waals surface area contributed by atoms with Gasteiger partial charge in [-0.15, -0.1) is 0 Å². The highest BCUT2D eigenvalue weighted by molar-refractivity contribution is 7.52. The zero-order valence-electron chi connectivity index (χ0n) is 26.2. The summed E-state index contributed by atoms with van der Waals surface area (Å²) in [6.07, 6.45) is 4.39. The van der Waals surface area contributed by atoms with Gasteiger partial charge in [0.15, 0.2) is 0 Å².